The Morgan fingerprint density at radius 3 is 1.70 bits per heavy atom. The summed E-state index contributed by atoms with van der Waals surface area (Å²) >= 11 is 0. The largest absolute Gasteiger partial charge is 0.394 e. The van der Waals surface area contributed by atoms with Crippen molar-refractivity contribution in [3.05, 3.63) is 0 Å². The average Bonchev–Trinajstić information content (AvgIpc) is 2.79. The molecule has 194 valence electrons. The number of nitrogens with two attached hydrogens (primary N) is 4. The summed E-state index contributed by atoms with van der Waals surface area (Å²) in [5.74, 6) is 0. The van der Waals surface area contributed by atoms with Gasteiger partial charge in [0.1, 0.15) is 61.0 Å². The molecule has 3 aliphatic rings. The van der Waals surface area contributed by atoms with Gasteiger partial charge in [-0.05, 0) is 6.42 Å². The van der Waals surface area contributed by atoms with Gasteiger partial charge in [-0.3, -0.25) is 0 Å². The molecule has 0 aromatic heterocycles. The summed E-state index contributed by atoms with van der Waals surface area (Å²) in [7, 11) is 0. The van der Waals surface area contributed by atoms with Crippen LogP contribution < -0.4 is 22.9 Å². The lowest BCUT2D eigenvalue weighted by molar-refractivity contribution is -0.332. The molecule has 2 aliphatic heterocycles. The molecule has 2 heterocycles. The molecule has 0 radical (unpaired) electrons. The SMILES string of the molecule is NC[C@H]1O[C@H](O[C@H]2[C@H](O)[C@@H](O[C@@H]3O[C@@H](CO)[C@H](O)[C@@H](N)[C@@H]3O)[C@H](N)C[C@@H]2N)[C@H](O)[C@@H](O)[C@@H]1O. The third-order valence-corrected chi connectivity index (χ3v) is 6.48. The number of hydrogen-bond donors (Lipinski definition) is 11. The second-order valence-electron chi connectivity index (χ2n) is 8.79. The van der Waals surface area contributed by atoms with Crippen LogP contribution in [0.5, 0.6) is 0 Å². The zero-order valence-corrected chi connectivity index (χ0v) is 17.9. The van der Waals surface area contributed by atoms with Gasteiger partial charge >= 0.3 is 0 Å². The Labute approximate surface area is 189 Å². The molecular weight excluding hydrogens is 448 g/mol. The smallest absolute Gasteiger partial charge is 0.187 e. The fourth-order valence-corrected chi connectivity index (χ4v) is 4.40. The molecule has 0 aromatic rings. The molecule has 1 aliphatic carbocycles. The zero-order valence-electron chi connectivity index (χ0n) is 17.9. The van der Waals surface area contributed by atoms with Crippen molar-refractivity contribution >= 4 is 0 Å². The van der Waals surface area contributed by atoms with E-state index in [4.69, 9.17) is 41.9 Å². The Hall–Kier alpha value is -0.600. The first-order valence-corrected chi connectivity index (χ1v) is 10.8. The van der Waals surface area contributed by atoms with Gasteiger partial charge in [-0.25, -0.2) is 0 Å². The monoisotopic (exact) mass is 484 g/mol. The average molecular weight is 485 g/mol. The van der Waals surface area contributed by atoms with Gasteiger partial charge in [-0.1, -0.05) is 0 Å². The van der Waals surface area contributed by atoms with Gasteiger partial charge in [0.05, 0.1) is 12.6 Å². The molecule has 15 nitrogen and oxygen atoms in total. The minimum absolute atomic E-state index is 0.0849. The third-order valence-electron chi connectivity index (χ3n) is 6.48. The maximum atomic E-state index is 10.9. The van der Waals surface area contributed by atoms with Crippen LogP contribution in [0.4, 0.5) is 0 Å². The molecule has 15 atom stereocenters. The van der Waals surface area contributed by atoms with E-state index in [1.54, 1.807) is 0 Å². The highest BCUT2D eigenvalue weighted by Gasteiger charge is 2.51. The quantitative estimate of drug-likeness (QED) is 0.167. The molecule has 15 N–H and O–H groups in total. The van der Waals surface area contributed by atoms with E-state index in [1.165, 1.54) is 0 Å². The Morgan fingerprint density at radius 1 is 0.667 bits per heavy atom. The molecule has 0 spiro atoms. The van der Waals surface area contributed by atoms with Crippen molar-refractivity contribution in [1.82, 2.24) is 0 Å². The van der Waals surface area contributed by atoms with Crippen molar-refractivity contribution in [2.24, 2.45) is 22.9 Å². The van der Waals surface area contributed by atoms with E-state index in [-0.39, 0.29) is 13.0 Å². The maximum absolute atomic E-state index is 10.9. The minimum atomic E-state index is -1.66. The first-order valence-electron chi connectivity index (χ1n) is 10.8. The number of hydrogen-bond acceptors (Lipinski definition) is 15. The molecule has 33 heavy (non-hydrogen) atoms. The second-order valence-corrected chi connectivity index (χ2v) is 8.79. The highest BCUT2D eigenvalue weighted by molar-refractivity contribution is 5.01. The first kappa shape index (κ1) is 27.0. The van der Waals surface area contributed by atoms with Gasteiger partial charge in [0.25, 0.3) is 0 Å². The van der Waals surface area contributed by atoms with Crippen LogP contribution in [0.3, 0.4) is 0 Å². The number of aliphatic hydroxyl groups excluding tert-OH is 7. The van der Waals surface area contributed by atoms with E-state index in [2.05, 4.69) is 0 Å². The van der Waals surface area contributed by atoms with Gasteiger partial charge in [-0.2, -0.15) is 0 Å². The molecule has 1 saturated carbocycles. The summed E-state index contributed by atoms with van der Waals surface area (Å²) in [6.07, 6.45) is -16.5. The summed E-state index contributed by atoms with van der Waals surface area (Å²) in [5, 5.41) is 70.9. The Kier molecular flexibility index (Phi) is 8.99. The van der Waals surface area contributed by atoms with Crippen molar-refractivity contribution in [2.45, 2.75) is 98.2 Å². The number of aliphatic hydroxyl groups is 7. The van der Waals surface area contributed by atoms with Gasteiger partial charge in [-0.15, -0.1) is 0 Å². The van der Waals surface area contributed by atoms with E-state index in [9.17, 15) is 35.7 Å². The standard InChI is InChI=1S/C18H36N4O11/c19-2-6-10(25)12(27)13(28)18(30-6)33-16-5(21)1-4(20)15(14(16)29)32-17-11(26)8(22)9(24)7(3-23)31-17/h4-18,23-29H,1-3,19-22H2/t4-,5+,6-,7+,8-,9+,10-,11+,12+,13-,14-,15+,16-,17+,18-/m1/s1. The summed E-state index contributed by atoms with van der Waals surface area (Å²) in [6.45, 7) is -0.763. The lowest BCUT2D eigenvalue weighted by atomic mass is 9.84. The highest BCUT2D eigenvalue weighted by atomic mass is 16.7. The summed E-state index contributed by atoms with van der Waals surface area (Å²) in [5.41, 5.74) is 23.5. The predicted molar refractivity (Wildman–Crippen MR) is 108 cm³/mol. The lowest BCUT2D eigenvalue weighted by Crippen LogP contribution is -2.68. The topological polar surface area (TPSA) is 283 Å². The van der Waals surface area contributed by atoms with Gasteiger partial charge in [0.2, 0.25) is 0 Å². The van der Waals surface area contributed by atoms with Crippen LogP contribution in [0.1, 0.15) is 6.42 Å². The van der Waals surface area contributed by atoms with Crippen LogP contribution in [-0.4, -0.2) is 141 Å². The van der Waals surface area contributed by atoms with Crippen LogP contribution in [0.15, 0.2) is 0 Å². The molecular formula is C18H36N4O11. The molecule has 2 saturated heterocycles. The Balaban J connectivity index is 1.72. The van der Waals surface area contributed by atoms with Crippen molar-refractivity contribution in [2.75, 3.05) is 13.2 Å². The van der Waals surface area contributed by atoms with Crippen molar-refractivity contribution in [3.8, 4) is 0 Å². The van der Waals surface area contributed by atoms with E-state index in [0.29, 0.717) is 0 Å². The van der Waals surface area contributed by atoms with Gasteiger partial charge in [0, 0.05) is 18.6 Å². The summed E-state index contributed by atoms with van der Waals surface area (Å²) < 4.78 is 22.2. The normalized spacial score (nSPS) is 53.7. The molecule has 3 rings (SSSR count). The minimum Gasteiger partial charge on any atom is -0.394 e. The predicted octanol–water partition coefficient (Wildman–Crippen LogP) is -7.29. The zero-order chi connectivity index (χ0) is 24.6. The van der Waals surface area contributed by atoms with Crippen LogP contribution in [-0.2, 0) is 18.9 Å². The molecule has 0 unspecified atom stereocenters. The molecule has 3 fully saturated rings. The van der Waals surface area contributed by atoms with Crippen LogP contribution in [0.2, 0.25) is 0 Å². The van der Waals surface area contributed by atoms with E-state index in [0.717, 1.165) is 0 Å². The fourth-order valence-electron chi connectivity index (χ4n) is 4.40. The first-order chi connectivity index (χ1) is 15.5. The van der Waals surface area contributed by atoms with Crippen LogP contribution in [0.25, 0.3) is 0 Å². The Bertz CT molecular complexity index is 584. The molecule has 0 amide bonds. The van der Waals surface area contributed by atoms with E-state index < -0.39 is 98.4 Å². The molecule has 15 heteroatoms. The van der Waals surface area contributed by atoms with Crippen molar-refractivity contribution in [3.63, 3.8) is 0 Å². The van der Waals surface area contributed by atoms with Gasteiger partial charge in [0.15, 0.2) is 12.6 Å². The number of ether oxygens (including phenoxy) is 4. The van der Waals surface area contributed by atoms with E-state index >= 15 is 0 Å². The van der Waals surface area contributed by atoms with Gasteiger partial charge < -0.3 is 77.6 Å². The molecule has 0 bridgehead atoms. The molecule has 0 aromatic carbocycles. The van der Waals surface area contributed by atoms with Crippen molar-refractivity contribution < 1.29 is 54.7 Å². The second kappa shape index (κ2) is 11.0. The lowest BCUT2D eigenvalue weighted by Gasteiger charge is -2.48. The summed E-state index contributed by atoms with van der Waals surface area (Å²) in [4.78, 5) is 0. The third kappa shape index (κ3) is 5.32. The van der Waals surface area contributed by atoms with Crippen molar-refractivity contribution in [1.29, 1.82) is 0 Å². The Morgan fingerprint density at radius 2 is 1.18 bits per heavy atom. The number of rotatable bonds is 6. The fraction of sp³-hybridized carbons (Fsp3) is 1.00. The van der Waals surface area contributed by atoms with E-state index in [1.807, 2.05) is 0 Å². The van der Waals surface area contributed by atoms with Crippen LogP contribution in [0, 0.1) is 0 Å². The van der Waals surface area contributed by atoms with Crippen LogP contribution >= 0.6 is 0 Å². The highest BCUT2D eigenvalue weighted by Crippen LogP contribution is 2.31. The maximum Gasteiger partial charge on any atom is 0.187 e. The summed E-state index contributed by atoms with van der Waals surface area (Å²) in [6, 6.07) is -2.86.